The number of rotatable bonds is 6. The van der Waals surface area contributed by atoms with E-state index >= 15 is 0 Å². The van der Waals surface area contributed by atoms with E-state index in [1.165, 1.54) is 5.56 Å². The topological polar surface area (TPSA) is 49.4 Å². The number of aryl methyl sites for hydroxylation is 1. The Morgan fingerprint density at radius 1 is 1.12 bits per heavy atom. The summed E-state index contributed by atoms with van der Waals surface area (Å²) in [6.07, 6.45) is 2.70. The summed E-state index contributed by atoms with van der Waals surface area (Å²) in [6.45, 7) is 2.73. The average Bonchev–Trinajstić information content (AvgIpc) is 2.66. The molecule has 26 heavy (non-hydrogen) atoms. The van der Waals surface area contributed by atoms with E-state index in [1.807, 2.05) is 31.3 Å². The highest BCUT2D eigenvalue weighted by Crippen LogP contribution is 2.27. The van der Waals surface area contributed by atoms with Crippen molar-refractivity contribution >= 4 is 17.5 Å². The number of fused-ring (bicyclic) bond motifs is 1. The summed E-state index contributed by atoms with van der Waals surface area (Å²) in [5, 5.41) is 2.95. The summed E-state index contributed by atoms with van der Waals surface area (Å²) >= 11 is 0. The summed E-state index contributed by atoms with van der Waals surface area (Å²) < 4.78 is 0. The fourth-order valence-corrected chi connectivity index (χ4v) is 3.38. The van der Waals surface area contributed by atoms with Crippen molar-refractivity contribution < 1.29 is 9.59 Å². The van der Waals surface area contributed by atoms with E-state index in [4.69, 9.17) is 0 Å². The Kier molecular flexibility index (Phi) is 5.71. The van der Waals surface area contributed by atoms with Crippen molar-refractivity contribution in [1.29, 1.82) is 0 Å². The minimum atomic E-state index is -0.133. The van der Waals surface area contributed by atoms with Gasteiger partial charge in [0.25, 0.3) is 0 Å². The van der Waals surface area contributed by atoms with Gasteiger partial charge >= 0.3 is 0 Å². The van der Waals surface area contributed by atoms with Crippen LogP contribution in [0.25, 0.3) is 0 Å². The Morgan fingerprint density at radius 3 is 2.54 bits per heavy atom. The number of anilines is 1. The number of para-hydroxylation sites is 1. The number of hydrogen-bond acceptors (Lipinski definition) is 2. The van der Waals surface area contributed by atoms with Crippen LogP contribution >= 0.6 is 0 Å². The number of carbonyl (C=O) groups is 2. The molecule has 0 fully saturated rings. The van der Waals surface area contributed by atoms with E-state index in [0.717, 1.165) is 23.2 Å². The third-order valence-corrected chi connectivity index (χ3v) is 5.10. The highest BCUT2D eigenvalue weighted by atomic mass is 16.2. The summed E-state index contributed by atoms with van der Waals surface area (Å²) in [5.41, 5.74) is 4.47. The minimum Gasteiger partial charge on any atom is -0.341 e. The van der Waals surface area contributed by atoms with Gasteiger partial charge in [0.15, 0.2) is 0 Å². The zero-order valence-electron chi connectivity index (χ0n) is 15.5. The van der Waals surface area contributed by atoms with Crippen molar-refractivity contribution in [3.05, 3.63) is 65.2 Å². The summed E-state index contributed by atoms with van der Waals surface area (Å²) in [6, 6.07) is 16.2. The Morgan fingerprint density at radius 2 is 1.81 bits per heavy atom. The van der Waals surface area contributed by atoms with Crippen LogP contribution in [-0.4, -0.2) is 23.8 Å². The number of nitrogens with one attached hydrogen (secondary N) is 1. The fraction of sp³-hybridized carbons (Fsp3) is 0.364. The van der Waals surface area contributed by atoms with Crippen LogP contribution in [0.15, 0.2) is 48.5 Å². The van der Waals surface area contributed by atoms with Crippen LogP contribution in [0.3, 0.4) is 0 Å². The molecule has 0 saturated carbocycles. The first kappa shape index (κ1) is 18.2. The standard InChI is InChI=1S/C22H26N2O2/c1-3-16-8-10-17(11-9-16)15-24(2)21(25)13-12-19-14-18-6-4-5-7-20(18)23-22(19)26/h4-11,19H,3,12-15H2,1-2H3,(H,23,26). The highest BCUT2D eigenvalue weighted by Gasteiger charge is 2.26. The van der Waals surface area contributed by atoms with Gasteiger partial charge in [-0.1, -0.05) is 49.4 Å². The zero-order valence-corrected chi connectivity index (χ0v) is 15.5. The Balaban J connectivity index is 1.52. The predicted molar refractivity (Wildman–Crippen MR) is 104 cm³/mol. The van der Waals surface area contributed by atoms with Gasteiger partial charge in [-0.15, -0.1) is 0 Å². The molecular formula is C22H26N2O2. The molecule has 0 aliphatic carbocycles. The molecule has 0 aromatic heterocycles. The van der Waals surface area contributed by atoms with Gasteiger partial charge in [0.05, 0.1) is 0 Å². The molecule has 136 valence electrons. The largest absolute Gasteiger partial charge is 0.341 e. The van der Waals surface area contributed by atoms with Crippen LogP contribution in [0.1, 0.15) is 36.5 Å². The quantitative estimate of drug-likeness (QED) is 0.861. The molecule has 0 saturated heterocycles. The summed E-state index contributed by atoms with van der Waals surface area (Å²) in [4.78, 5) is 26.5. The molecule has 0 radical (unpaired) electrons. The van der Waals surface area contributed by atoms with E-state index in [9.17, 15) is 9.59 Å². The van der Waals surface area contributed by atoms with Crippen LogP contribution in [0.4, 0.5) is 5.69 Å². The molecule has 1 unspecified atom stereocenters. The summed E-state index contributed by atoms with van der Waals surface area (Å²) in [7, 11) is 1.83. The van der Waals surface area contributed by atoms with Crippen LogP contribution in [0.2, 0.25) is 0 Å². The Labute approximate surface area is 155 Å². The molecular weight excluding hydrogens is 324 g/mol. The van der Waals surface area contributed by atoms with E-state index in [-0.39, 0.29) is 17.7 Å². The maximum Gasteiger partial charge on any atom is 0.227 e. The van der Waals surface area contributed by atoms with Crippen molar-refractivity contribution in [1.82, 2.24) is 4.90 Å². The second-order valence-electron chi connectivity index (χ2n) is 7.01. The van der Waals surface area contributed by atoms with Gasteiger partial charge in [-0.2, -0.15) is 0 Å². The molecule has 1 aliphatic heterocycles. The van der Waals surface area contributed by atoms with Gasteiger partial charge in [-0.3, -0.25) is 9.59 Å². The number of nitrogens with zero attached hydrogens (tertiary/aromatic N) is 1. The molecule has 3 rings (SSSR count). The second-order valence-corrected chi connectivity index (χ2v) is 7.01. The van der Waals surface area contributed by atoms with Crippen LogP contribution in [-0.2, 0) is 29.0 Å². The van der Waals surface area contributed by atoms with Crippen molar-refractivity contribution in [2.24, 2.45) is 5.92 Å². The highest BCUT2D eigenvalue weighted by molar-refractivity contribution is 5.96. The van der Waals surface area contributed by atoms with Crippen molar-refractivity contribution in [3.8, 4) is 0 Å². The maximum atomic E-state index is 12.5. The number of amides is 2. The number of carbonyl (C=O) groups excluding carboxylic acids is 2. The molecule has 0 bridgehead atoms. The number of benzene rings is 2. The average molecular weight is 350 g/mol. The first-order valence-electron chi connectivity index (χ1n) is 9.27. The Bertz CT molecular complexity index is 783. The molecule has 2 aromatic rings. The second kappa shape index (κ2) is 8.17. The number of hydrogen-bond donors (Lipinski definition) is 1. The summed E-state index contributed by atoms with van der Waals surface area (Å²) in [5.74, 6) is -0.0309. The fourth-order valence-electron chi connectivity index (χ4n) is 3.38. The van der Waals surface area contributed by atoms with Gasteiger partial charge in [0, 0.05) is 31.6 Å². The lowest BCUT2D eigenvalue weighted by Gasteiger charge is -2.25. The van der Waals surface area contributed by atoms with Gasteiger partial charge in [0.2, 0.25) is 11.8 Å². The van der Waals surface area contributed by atoms with Crippen molar-refractivity contribution in [2.75, 3.05) is 12.4 Å². The molecule has 4 nitrogen and oxygen atoms in total. The Hall–Kier alpha value is -2.62. The van der Waals surface area contributed by atoms with Crippen molar-refractivity contribution in [2.45, 2.75) is 39.2 Å². The molecule has 2 amide bonds. The van der Waals surface area contributed by atoms with Crippen molar-refractivity contribution in [3.63, 3.8) is 0 Å². The van der Waals surface area contributed by atoms with Crippen LogP contribution < -0.4 is 5.32 Å². The first-order valence-corrected chi connectivity index (χ1v) is 9.27. The van der Waals surface area contributed by atoms with E-state index in [1.54, 1.807) is 4.90 Å². The minimum absolute atomic E-state index is 0.0225. The zero-order chi connectivity index (χ0) is 18.5. The van der Waals surface area contributed by atoms with E-state index < -0.39 is 0 Å². The van der Waals surface area contributed by atoms with Crippen LogP contribution in [0.5, 0.6) is 0 Å². The van der Waals surface area contributed by atoms with E-state index in [0.29, 0.717) is 25.8 Å². The molecule has 1 heterocycles. The van der Waals surface area contributed by atoms with Gasteiger partial charge in [-0.05, 0) is 42.0 Å². The van der Waals surface area contributed by atoms with Gasteiger partial charge < -0.3 is 10.2 Å². The lowest BCUT2D eigenvalue weighted by atomic mass is 9.89. The third kappa shape index (κ3) is 4.31. The SMILES string of the molecule is CCc1ccc(CN(C)C(=O)CCC2Cc3ccccc3NC2=O)cc1. The first-order chi connectivity index (χ1) is 12.6. The van der Waals surface area contributed by atoms with E-state index in [2.05, 4.69) is 36.5 Å². The maximum absolute atomic E-state index is 12.5. The molecule has 4 heteroatoms. The normalized spacial score (nSPS) is 15.9. The van der Waals surface area contributed by atoms with Gasteiger partial charge in [0.1, 0.15) is 0 Å². The third-order valence-electron chi connectivity index (χ3n) is 5.10. The molecule has 2 aromatic carbocycles. The smallest absolute Gasteiger partial charge is 0.227 e. The predicted octanol–water partition coefficient (Wildman–Crippen LogP) is 3.80. The monoisotopic (exact) mass is 350 g/mol. The molecule has 0 spiro atoms. The van der Waals surface area contributed by atoms with Gasteiger partial charge in [-0.25, -0.2) is 0 Å². The lowest BCUT2D eigenvalue weighted by Crippen LogP contribution is -2.32. The molecule has 1 N–H and O–H groups in total. The molecule has 1 atom stereocenters. The molecule has 1 aliphatic rings. The lowest BCUT2D eigenvalue weighted by molar-refractivity contribution is -0.131. The van der Waals surface area contributed by atoms with Crippen LogP contribution in [0, 0.1) is 5.92 Å².